The van der Waals surface area contributed by atoms with Gasteiger partial charge in [0, 0.05) is 0 Å². The molecule has 12 heavy (non-hydrogen) atoms. The second kappa shape index (κ2) is 3.75. The Hall–Kier alpha value is -0.0800. The summed E-state index contributed by atoms with van der Waals surface area (Å²) in [6.07, 6.45) is 0. The zero-order chi connectivity index (χ0) is 9.19. The molecule has 2 heteroatoms. The van der Waals surface area contributed by atoms with Crippen LogP contribution in [0.5, 0.6) is 0 Å². The first-order chi connectivity index (χ1) is 5.50. The highest BCUT2D eigenvalue weighted by atomic mass is 16.5. The second-order valence-corrected chi connectivity index (χ2v) is 4.91. The minimum Gasteiger partial charge on any atom is -0.378 e. The molecule has 0 saturated carbocycles. The van der Waals surface area contributed by atoms with Gasteiger partial charge in [0.05, 0.1) is 19.3 Å². The molecule has 0 amide bonds. The maximum atomic E-state index is 5.09. The van der Waals surface area contributed by atoms with E-state index in [0.29, 0.717) is 11.5 Å². The number of hydrogen-bond donors (Lipinski definition) is 1. The van der Waals surface area contributed by atoms with Crippen LogP contribution in [0, 0.1) is 11.3 Å². The molecule has 1 rings (SSSR count). The van der Waals surface area contributed by atoms with Crippen LogP contribution in [0.1, 0.15) is 27.7 Å². The quantitative estimate of drug-likeness (QED) is 0.697. The summed E-state index contributed by atoms with van der Waals surface area (Å²) in [4.78, 5) is 0. The van der Waals surface area contributed by atoms with E-state index < -0.39 is 0 Å². The average Bonchev–Trinajstić information content (AvgIpc) is 1.81. The summed E-state index contributed by atoms with van der Waals surface area (Å²) in [5.41, 5.74) is 0.414. The third-order valence-electron chi connectivity index (χ3n) is 2.83. The molecule has 0 bridgehead atoms. The van der Waals surface area contributed by atoms with Gasteiger partial charge in [-0.25, -0.2) is 0 Å². The van der Waals surface area contributed by atoms with Crippen LogP contribution >= 0.6 is 0 Å². The summed E-state index contributed by atoms with van der Waals surface area (Å²) < 4.78 is 5.09. The highest BCUT2D eigenvalue weighted by Crippen LogP contribution is 2.24. The predicted octanol–water partition coefficient (Wildman–Crippen LogP) is 1.66. The van der Waals surface area contributed by atoms with Crippen molar-refractivity contribution in [3.63, 3.8) is 0 Å². The van der Waals surface area contributed by atoms with Crippen LogP contribution in [0.4, 0.5) is 0 Å². The lowest BCUT2D eigenvalue weighted by Crippen LogP contribution is -2.48. The monoisotopic (exact) mass is 171 g/mol. The molecule has 1 aliphatic rings. The largest absolute Gasteiger partial charge is 0.378 e. The fraction of sp³-hybridized carbons (Fsp3) is 1.00. The van der Waals surface area contributed by atoms with Gasteiger partial charge in [0.15, 0.2) is 0 Å². The first-order valence-electron chi connectivity index (χ1n) is 4.81. The van der Waals surface area contributed by atoms with E-state index in [9.17, 15) is 0 Å². The van der Waals surface area contributed by atoms with Crippen molar-refractivity contribution in [3.05, 3.63) is 0 Å². The minimum atomic E-state index is 0.414. The molecule has 1 unspecified atom stereocenters. The van der Waals surface area contributed by atoms with Gasteiger partial charge in [0.1, 0.15) is 0 Å². The highest BCUT2D eigenvalue weighted by molar-refractivity contribution is 4.77. The van der Waals surface area contributed by atoms with Gasteiger partial charge in [-0.05, 0) is 17.9 Å². The van der Waals surface area contributed by atoms with Crippen LogP contribution < -0.4 is 5.32 Å². The van der Waals surface area contributed by atoms with Crippen molar-refractivity contribution in [2.75, 3.05) is 19.8 Å². The zero-order valence-electron chi connectivity index (χ0n) is 8.68. The van der Waals surface area contributed by atoms with Crippen LogP contribution in [0.15, 0.2) is 0 Å². The number of hydrogen-bond acceptors (Lipinski definition) is 2. The SMILES string of the molecule is CC(CNC1COC1)C(C)(C)C. The molecule has 0 aromatic heterocycles. The van der Waals surface area contributed by atoms with Gasteiger partial charge >= 0.3 is 0 Å². The van der Waals surface area contributed by atoms with Crippen LogP contribution in [0.2, 0.25) is 0 Å². The lowest BCUT2D eigenvalue weighted by molar-refractivity contribution is -0.00810. The molecule has 1 fully saturated rings. The Bertz CT molecular complexity index is 135. The van der Waals surface area contributed by atoms with Crippen molar-refractivity contribution >= 4 is 0 Å². The van der Waals surface area contributed by atoms with Gasteiger partial charge in [0.25, 0.3) is 0 Å². The second-order valence-electron chi connectivity index (χ2n) is 4.91. The molecule has 1 saturated heterocycles. The van der Waals surface area contributed by atoms with Crippen molar-refractivity contribution in [3.8, 4) is 0 Å². The van der Waals surface area contributed by atoms with Crippen LogP contribution in [-0.2, 0) is 4.74 Å². The molecule has 1 aliphatic heterocycles. The van der Waals surface area contributed by atoms with Gasteiger partial charge < -0.3 is 10.1 Å². The van der Waals surface area contributed by atoms with E-state index in [1.54, 1.807) is 0 Å². The summed E-state index contributed by atoms with van der Waals surface area (Å²) in [6, 6.07) is 0.620. The molecule has 0 radical (unpaired) electrons. The van der Waals surface area contributed by atoms with E-state index >= 15 is 0 Å². The molecule has 1 N–H and O–H groups in total. The third-order valence-corrected chi connectivity index (χ3v) is 2.83. The lowest BCUT2D eigenvalue weighted by Gasteiger charge is -2.32. The number of rotatable bonds is 3. The van der Waals surface area contributed by atoms with E-state index in [-0.39, 0.29) is 0 Å². The Labute approximate surface area is 75.7 Å². The zero-order valence-corrected chi connectivity index (χ0v) is 8.68. The molecule has 1 heterocycles. The molecule has 2 nitrogen and oxygen atoms in total. The first kappa shape index (κ1) is 10.0. The van der Waals surface area contributed by atoms with Crippen LogP contribution in [-0.4, -0.2) is 25.8 Å². The Morgan fingerprint density at radius 1 is 1.42 bits per heavy atom. The molecular formula is C10H21NO. The van der Waals surface area contributed by atoms with Crippen molar-refractivity contribution in [1.82, 2.24) is 5.32 Å². The highest BCUT2D eigenvalue weighted by Gasteiger charge is 2.23. The molecular weight excluding hydrogens is 150 g/mol. The van der Waals surface area contributed by atoms with E-state index in [1.165, 1.54) is 0 Å². The van der Waals surface area contributed by atoms with E-state index in [1.807, 2.05) is 0 Å². The fourth-order valence-corrected chi connectivity index (χ4v) is 1.00. The van der Waals surface area contributed by atoms with Crippen molar-refractivity contribution < 1.29 is 4.74 Å². The van der Waals surface area contributed by atoms with Gasteiger partial charge in [-0.2, -0.15) is 0 Å². The standard InChI is InChI=1S/C10H21NO/c1-8(10(2,3)4)5-11-9-6-12-7-9/h8-9,11H,5-7H2,1-4H3. The Kier molecular flexibility index (Phi) is 3.13. The summed E-state index contributed by atoms with van der Waals surface area (Å²) in [5.74, 6) is 0.720. The minimum absolute atomic E-state index is 0.414. The molecule has 0 spiro atoms. The maximum Gasteiger partial charge on any atom is 0.0643 e. The number of ether oxygens (including phenoxy) is 1. The molecule has 0 aromatic rings. The number of nitrogens with one attached hydrogen (secondary N) is 1. The molecule has 72 valence electrons. The summed E-state index contributed by atoms with van der Waals surface area (Å²) >= 11 is 0. The topological polar surface area (TPSA) is 21.3 Å². The van der Waals surface area contributed by atoms with E-state index in [2.05, 4.69) is 33.0 Å². The lowest BCUT2D eigenvalue weighted by atomic mass is 9.82. The third kappa shape index (κ3) is 2.76. The molecule has 1 atom stereocenters. The van der Waals surface area contributed by atoms with Crippen molar-refractivity contribution in [1.29, 1.82) is 0 Å². The van der Waals surface area contributed by atoms with Gasteiger partial charge in [-0.1, -0.05) is 27.7 Å². The van der Waals surface area contributed by atoms with Gasteiger partial charge in [0.2, 0.25) is 0 Å². The Morgan fingerprint density at radius 2 is 2.00 bits per heavy atom. The van der Waals surface area contributed by atoms with Crippen LogP contribution in [0.25, 0.3) is 0 Å². The van der Waals surface area contributed by atoms with Crippen molar-refractivity contribution in [2.45, 2.75) is 33.7 Å². The summed E-state index contributed by atoms with van der Waals surface area (Å²) in [6.45, 7) is 12.1. The average molecular weight is 171 g/mol. The molecule has 0 aromatic carbocycles. The van der Waals surface area contributed by atoms with E-state index in [4.69, 9.17) is 4.74 Å². The molecule has 0 aliphatic carbocycles. The summed E-state index contributed by atoms with van der Waals surface area (Å²) in [7, 11) is 0. The van der Waals surface area contributed by atoms with E-state index in [0.717, 1.165) is 25.7 Å². The Morgan fingerprint density at radius 3 is 2.33 bits per heavy atom. The van der Waals surface area contributed by atoms with Crippen LogP contribution in [0.3, 0.4) is 0 Å². The van der Waals surface area contributed by atoms with Crippen molar-refractivity contribution in [2.24, 2.45) is 11.3 Å². The maximum absolute atomic E-state index is 5.09. The fourth-order valence-electron chi connectivity index (χ4n) is 1.00. The Balaban J connectivity index is 2.13. The smallest absolute Gasteiger partial charge is 0.0643 e. The summed E-state index contributed by atoms with van der Waals surface area (Å²) in [5, 5.41) is 3.50. The predicted molar refractivity (Wildman–Crippen MR) is 51.2 cm³/mol. The van der Waals surface area contributed by atoms with Gasteiger partial charge in [-0.15, -0.1) is 0 Å². The first-order valence-corrected chi connectivity index (χ1v) is 4.81. The van der Waals surface area contributed by atoms with Gasteiger partial charge in [-0.3, -0.25) is 0 Å². The normalized spacial score (nSPS) is 22.0.